The van der Waals surface area contributed by atoms with Gasteiger partial charge in [0.2, 0.25) is 0 Å². The monoisotopic (exact) mass is 458 g/mol. The van der Waals surface area contributed by atoms with E-state index in [1.54, 1.807) is 0 Å². The number of hydrogen-bond donors (Lipinski definition) is 1. The van der Waals surface area contributed by atoms with Crippen LogP contribution in [0.1, 0.15) is 33.5 Å². The molecule has 1 N–H and O–H groups in total. The topological polar surface area (TPSA) is 98.6 Å². The van der Waals surface area contributed by atoms with Crippen molar-refractivity contribution in [3.05, 3.63) is 70.4 Å². The van der Waals surface area contributed by atoms with Crippen LogP contribution in [0.3, 0.4) is 0 Å². The van der Waals surface area contributed by atoms with Gasteiger partial charge >= 0.3 is 5.97 Å². The number of fused-ring (bicyclic) bond motifs is 1. The first-order chi connectivity index (χ1) is 16.1. The lowest BCUT2D eigenvalue weighted by Gasteiger charge is -2.11. The Kier molecular flexibility index (Phi) is 5.47. The highest BCUT2D eigenvalue weighted by atomic mass is 32.1. The number of methoxy groups -OCH3 is 1. The van der Waals surface area contributed by atoms with Gasteiger partial charge in [0.1, 0.15) is 10.7 Å². The zero-order valence-electron chi connectivity index (χ0n) is 18.5. The van der Waals surface area contributed by atoms with Crippen molar-refractivity contribution in [3.63, 3.8) is 0 Å². The average Bonchev–Trinajstić information content (AvgIpc) is 3.56. The highest BCUT2D eigenvalue weighted by Gasteiger charge is 2.23. The molecule has 0 atom stereocenters. The normalized spacial score (nSPS) is 11.2. The van der Waals surface area contributed by atoms with Gasteiger partial charge in [-0.15, -0.1) is 16.4 Å². The fraction of sp³-hybridized carbons (Fsp3) is 0.208. The molecule has 9 heteroatoms. The largest absolute Gasteiger partial charge is 0.465 e. The van der Waals surface area contributed by atoms with Crippen LogP contribution in [-0.4, -0.2) is 43.3 Å². The van der Waals surface area contributed by atoms with Gasteiger partial charge in [-0.2, -0.15) is 0 Å². The van der Waals surface area contributed by atoms with Crippen molar-refractivity contribution >= 4 is 27.7 Å². The van der Waals surface area contributed by atoms with Crippen molar-refractivity contribution < 1.29 is 9.53 Å². The number of H-pyrrole nitrogens is 1. The van der Waals surface area contributed by atoms with E-state index in [1.165, 1.54) is 18.4 Å². The van der Waals surface area contributed by atoms with Crippen LogP contribution in [0, 0.1) is 6.92 Å². The Balaban J connectivity index is 1.52. The summed E-state index contributed by atoms with van der Waals surface area (Å²) in [4.78, 5) is 19.0. The molecule has 3 heterocycles. The van der Waals surface area contributed by atoms with Gasteiger partial charge in [0, 0.05) is 23.4 Å². The Morgan fingerprint density at radius 1 is 1.12 bits per heavy atom. The summed E-state index contributed by atoms with van der Waals surface area (Å²) in [5, 5.41) is 14.3. The van der Waals surface area contributed by atoms with Crippen LogP contribution in [0.4, 0.5) is 0 Å². The van der Waals surface area contributed by atoms with Crippen LogP contribution in [-0.2, 0) is 17.7 Å². The number of aromatic amines is 1. The summed E-state index contributed by atoms with van der Waals surface area (Å²) in [6.07, 6.45) is 0.776. The van der Waals surface area contributed by atoms with Crippen molar-refractivity contribution in [2.45, 2.75) is 26.8 Å². The maximum Gasteiger partial charge on any atom is 0.341 e. The molecular weight excluding hydrogens is 436 g/mol. The van der Waals surface area contributed by atoms with Crippen molar-refractivity contribution in [3.8, 4) is 22.5 Å². The van der Waals surface area contributed by atoms with E-state index in [0.29, 0.717) is 17.9 Å². The first-order valence-electron chi connectivity index (χ1n) is 10.6. The molecule has 0 bridgehead atoms. The number of ether oxygens (including phenoxy) is 1. The first kappa shape index (κ1) is 21.0. The van der Waals surface area contributed by atoms with E-state index < -0.39 is 0 Å². The number of carbonyl (C=O) groups excluding carboxylic acids is 1. The highest BCUT2D eigenvalue weighted by molar-refractivity contribution is 7.19. The Morgan fingerprint density at radius 2 is 1.88 bits per heavy atom. The van der Waals surface area contributed by atoms with E-state index in [0.717, 1.165) is 49.7 Å². The van der Waals surface area contributed by atoms with Crippen molar-refractivity contribution in [2.24, 2.45) is 0 Å². The standard InChI is InChI=1S/C24H22N6O2S/c1-4-19-25-23-21(20(14(2)33-23)24(31)32-3)30(19)13-15-9-11-16(12-10-15)17-7-5-6-8-18(17)22-26-28-29-27-22/h5-12H,4,13H2,1-3H3,(H,26,27,28,29). The average molecular weight is 459 g/mol. The maximum absolute atomic E-state index is 12.5. The quantitative estimate of drug-likeness (QED) is 0.372. The van der Waals surface area contributed by atoms with E-state index >= 15 is 0 Å². The maximum atomic E-state index is 12.5. The zero-order chi connectivity index (χ0) is 22.9. The molecule has 0 aliphatic rings. The van der Waals surface area contributed by atoms with E-state index in [4.69, 9.17) is 9.72 Å². The van der Waals surface area contributed by atoms with Crippen LogP contribution in [0.5, 0.6) is 0 Å². The van der Waals surface area contributed by atoms with Crippen LogP contribution in [0.15, 0.2) is 48.5 Å². The molecule has 0 fully saturated rings. The first-order valence-corrected chi connectivity index (χ1v) is 11.4. The number of benzene rings is 2. The Bertz CT molecular complexity index is 1430. The Hall–Kier alpha value is -3.85. The van der Waals surface area contributed by atoms with Gasteiger partial charge in [0.15, 0.2) is 5.82 Å². The van der Waals surface area contributed by atoms with Gasteiger partial charge in [-0.05, 0) is 34.0 Å². The summed E-state index contributed by atoms with van der Waals surface area (Å²) in [5.41, 5.74) is 5.63. The number of aryl methyl sites for hydroxylation is 2. The van der Waals surface area contributed by atoms with Gasteiger partial charge in [0.05, 0.1) is 18.2 Å². The number of nitrogens with one attached hydrogen (secondary N) is 1. The van der Waals surface area contributed by atoms with Gasteiger partial charge in [0.25, 0.3) is 0 Å². The van der Waals surface area contributed by atoms with Gasteiger partial charge in [-0.1, -0.05) is 55.5 Å². The fourth-order valence-electron chi connectivity index (χ4n) is 4.12. The van der Waals surface area contributed by atoms with E-state index in [-0.39, 0.29) is 5.97 Å². The van der Waals surface area contributed by atoms with E-state index in [2.05, 4.69) is 62.4 Å². The fourth-order valence-corrected chi connectivity index (χ4v) is 5.15. The molecule has 0 aliphatic heterocycles. The molecule has 0 aliphatic carbocycles. The minimum absolute atomic E-state index is 0.323. The number of rotatable bonds is 6. The molecule has 8 nitrogen and oxygen atoms in total. The van der Waals surface area contributed by atoms with Crippen LogP contribution in [0.2, 0.25) is 0 Å². The number of aromatic nitrogens is 6. The molecule has 3 aromatic heterocycles. The van der Waals surface area contributed by atoms with Crippen molar-refractivity contribution in [2.75, 3.05) is 7.11 Å². The molecule has 2 aromatic carbocycles. The molecule has 166 valence electrons. The van der Waals surface area contributed by atoms with E-state index in [1.807, 2.05) is 25.1 Å². The summed E-state index contributed by atoms with van der Waals surface area (Å²) in [6.45, 7) is 4.63. The molecule has 0 radical (unpaired) electrons. The molecular formula is C24H22N6O2S. The SMILES string of the molecule is CCc1nc2sc(C)c(C(=O)OC)c2n1Cc1ccc(-c2ccccc2-c2nnn[nH]2)cc1. The number of hydrogen-bond acceptors (Lipinski definition) is 7. The Labute approximate surface area is 194 Å². The number of carbonyl (C=O) groups is 1. The van der Waals surface area contributed by atoms with Crippen LogP contribution >= 0.6 is 11.3 Å². The number of tetrazole rings is 1. The number of esters is 1. The second-order valence-corrected chi connectivity index (χ2v) is 8.84. The van der Waals surface area contributed by atoms with Crippen LogP contribution in [0.25, 0.3) is 32.9 Å². The summed E-state index contributed by atoms with van der Waals surface area (Å²) < 4.78 is 7.18. The zero-order valence-corrected chi connectivity index (χ0v) is 19.3. The minimum atomic E-state index is -0.323. The minimum Gasteiger partial charge on any atom is -0.465 e. The van der Waals surface area contributed by atoms with Crippen molar-refractivity contribution in [1.82, 2.24) is 30.2 Å². The smallest absolute Gasteiger partial charge is 0.341 e. The summed E-state index contributed by atoms with van der Waals surface area (Å²) in [5.74, 6) is 1.26. The van der Waals surface area contributed by atoms with Gasteiger partial charge < -0.3 is 9.30 Å². The second kappa shape index (κ2) is 8.59. The summed E-state index contributed by atoms with van der Waals surface area (Å²) in [6, 6.07) is 16.4. The highest BCUT2D eigenvalue weighted by Crippen LogP contribution is 2.33. The molecule has 0 unspecified atom stereocenters. The molecule has 5 rings (SSSR count). The number of thiophene rings is 1. The molecule has 5 aromatic rings. The third kappa shape index (κ3) is 3.70. The second-order valence-electron chi connectivity index (χ2n) is 7.64. The lowest BCUT2D eigenvalue weighted by molar-refractivity contribution is 0.0602. The third-order valence-corrected chi connectivity index (χ3v) is 6.68. The lowest BCUT2D eigenvalue weighted by atomic mass is 9.98. The van der Waals surface area contributed by atoms with E-state index in [9.17, 15) is 4.79 Å². The molecule has 33 heavy (non-hydrogen) atoms. The van der Waals surface area contributed by atoms with Crippen molar-refractivity contribution in [1.29, 1.82) is 0 Å². The predicted octanol–water partition coefficient (Wildman–Crippen LogP) is 4.65. The summed E-state index contributed by atoms with van der Waals surface area (Å²) >= 11 is 1.53. The molecule has 0 spiro atoms. The molecule has 0 saturated heterocycles. The predicted molar refractivity (Wildman–Crippen MR) is 127 cm³/mol. The summed E-state index contributed by atoms with van der Waals surface area (Å²) in [7, 11) is 1.41. The molecule has 0 amide bonds. The van der Waals surface area contributed by atoms with Gasteiger partial charge in [-0.3, -0.25) is 0 Å². The molecule has 0 saturated carbocycles. The number of nitrogens with zero attached hydrogens (tertiary/aromatic N) is 5. The third-order valence-electron chi connectivity index (χ3n) is 5.69. The van der Waals surface area contributed by atoms with Gasteiger partial charge in [-0.25, -0.2) is 14.9 Å². The Morgan fingerprint density at radius 3 is 2.55 bits per heavy atom. The lowest BCUT2D eigenvalue weighted by Crippen LogP contribution is -2.09. The van der Waals surface area contributed by atoms with Crippen LogP contribution < -0.4 is 0 Å². The number of imidazole rings is 1.